The molecule has 0 fully saturated rings. The molecule has 0 aromatic heterocycles. The fourth-order valence-corrected chi connectivity index (χ4v) is 5.39. The molecule has 2 amide bonds. The van der Waals surface area contributed by atoms with Gasteiger partial charge in [-0.1, -0.05) is 65.7 Å². The van der Waals surface area contributed by atoms with Crippen LogP contribution in [-0.4, -0.2) is 58.1 Å². The molecule has 8 nitrogen and oxygen atoms in total. The standard InChI is InChI=1S/C27H29Cl2N3O5S/c1-30-27(34)25(15-19-8-5-4-6-9-19)31(17-20-10-7-11-22(14-20)37-2)26(33)18-32(38(3,35)36)24-13-12-21(28)16-23(24)29/h4-14,16,25H,15,17-18H2,1-3H3,(H,30,34)/t25-/m1/s1. The largest absolute Gasteiger partial charge is 0.497 e. The third kappa shape index (κ3) is 7.63. The van der Waals surface area contributed by atoms with Gasteiger partial charge >= 0.3 is 0 Å². The summed E-state index contributed by atoms with van der Waals surface area (Å²) in [5, 5.41) is 3.03. The first-order valence-electron chi connectivity index (χ1n) is 11.6. The highest BCUT2D eigenvalue weighted by atomic mass is 35.5. The van der Waals surface area contributed by atoms with Gasteiger partial charge in [0.2, 0.25) is 21.8 Å². The fourth-order valence-electron chi connectivity index (χ4n) is 3.97. The van der Waals surface area contributed by atoms with Crippen LogP contribution in [0.2, 0.25) is 10.0 Å². The minimum absolute atomic E-state index is 0.0346. The Bertz CT molecular complexity index is 1390. The summed E-state index contributed by atoms with van der Waals surface area (Å²) in [5.41, 5.74) is 1.65. The molecule has 0 radical (unpaired) electrons. The smallest absolute Gasteiger partial charge is 0.244 e. The van der Waals surface area contributed by atoms with E-state index in [0.29, 0.717) is 16.3 Å². The van der Waals surface area contributed by atoms with Gasteiger partial charge in [-0.25, -0.2) is 8.42 Å². The van der Waals surface area contributed by atoms with Crippen molar-refractivity contribution in [2.75, 3.05) is 31.3 Å². The Morgan fingerprint density at radius 3 is 2.26 bits per heavy atom. The SMILES string of the molecule is CNC(=O)[C@@H](Cc1ccccc1)N(Cc1cccc(OC)c1)C(=O)CN(c1ccc(Cl)cc1Cl)S(C)(=O)=O. The minimum atomic E-state index is -3.94. The summed E-state index contributed by atoms with van der Waals surface area (Å²) >= 11 is 12.3. The second-order valence-corrected chi connectivity index (χ2v) is 11.3. The number of carbonyl (C=O) groups excluding carboxylic acids is 2. The molecule has 3 aromatic rings. The van der Waals surface area contributed by atoms with Crippen molar-refractivity contribution in [1.29, 1.82) is 0 Å². The number of methoxy groups -OCH3 is 1. The molecule has 0 aliphatic rings. The van der Waals surface area contributed by atoms with Crippen LogP contribution in [0.1, 0.15) is 11.1 Å². The Hall–Kier alpha value is -3.27. The molecule has 0 saturated carbocycles. The Morgan fingerprint density at radius 2 is 1.66 bits per heavy atom. The lowest BCUT2D eigenvalue weighted by Gasteiger charge is -2.33. The maximum Gasteiger partial charge on any atom is 0.244 e. The van der Waals surface area contributed by atoms with Crippen LogP contribution in [0.3, 0.4) is 0 Å². The predicted octanol–water partition coefficient (Wildman–Crippen LogP) is 4.15. The summed E-state index contributed by atoms with van der Waals surface area (Å²) in [4.78, 5) is 28.4. The predicted molar refractivity (Wildman–Crippen MR) is 150 cm³/mol. The van der Waals surface area contributed by atoms with E-state index in [9.17, 15) is 18.0 Å². The quantitative estimate of drug-likeness (QED) is 0.369. The summed E-state index contributed by atoms with van der Waals surface area (Å²) in [5.74, 6) is -0.394. The van der Waals surface area contributed by atoms with Gasteiger partial charge in [-0.05, 0) is 41.5 Å². The average molecular weight is 579 g/mol. The minimum Gasteiger partial charge on any atom is -0.497 e. The van der Waals surface area contributed by atoms with Crippen molar-refractivity contribution in [3.05, 3.63) is 94.0 Å². The molecular weight excluding hydrogens is 549 g/mol. The van der Waals surface area contributed by atoms with Crippen molar-refractivity contribution >= 4 is 50.7 Å². The first-order chi connectivity index (χ1) is 18.0. The van der Waals surface area contributed by atoms with E-state index in [1.165, 1.54) is 37.3 Å². The Balaban J connectivity index is 2.05. The van der Waals surface area contributed by atoms with E-state index >= 15 is 0 Å². The molecule has 11 heteroatoms. The first-order valence-corrected chi connectivity index (χ1v) is 14.2. The van der Waals surface area contributed by atoms with Gasteiger partial charge in [0.25, 0.3) is 0 Å². The monoisotopic (exact) mass is 577 g/mol. The Labute approximate surface area is 233 Å². The van der Waals surface area contributed by atoms with Crippen LogP contribution in [0, 0.1) is 0 Å². The van der Waals surface area contributed by atoms with Crippen LogP contribution < -0.4 is 14.4 Å². The van der Waals surface area contributed by atoms with Gasteiger partial charge in [0.1, 0.15) is 18.3 Å². The van der Waals surface area contributed by atoms with Gasteiger partial charge in [0.15, 0.2) is 0 Å². The van der Waals surface area contributed by atoms with E-state index in [0.717, 1.165) is 16.1 Å². The number of sulfonamides is 1. The van der Waals surface area contributed by atoms with E-state index in [1.807, 2.05) is 30.3 Å². The van der Waals surface area contributed by atoms with E-state index in [2.05, 4.69) is 5.32 Å². The van der Waals surface area contributed by atoms with Gasteiger partial charge in [-0.3, -0.25) is 13.9 Å². The number of likely N-dealkylation sites (N-methyl/N-ethyl adjacent to an activating group) is 1. The molecule has 38 heavy (non-hydrogen) atoms. The van der Waals surface area contributed by atoms with Crippen molar-refractivity contribution in [1.82, 2.24) is 10.2 Å². The maximum absolute atomic E-state index is 13.9. The number of hydrogen-bond acceptors (Lipinski definition) is 5. The summed E-state index contributed by atoms with van der Waals surface area (Å²) in [6, 6.07) is 19.8. The lowest BCUT2D eigenvalue weighted by atomic mass is 10.0. The zero-order chi connectivity index (χ0) is 27.9. The molecule has 0 aliphatic carbocycles. The summed E-state index contributed by atoms with van der Waals surface area (Å²) in [7, 11) is -0.915. The van der Waals surface area contributed by atoms with E-state index in [1.54, 1.807) is 24.3 Å². The number of anilines is 1. The number of hydrogen-bond donors (Lipinski definition) is 1. The van der Waals surface area contributed by atoms with Gasteiger partial charge < -0.3 is 15.0 Å². The van der Waals surface area contributed by atoms with Crippen LogP contribution in [0.15, 0.2) is 72.8 Å². The van der Waals surface area contributed by atoms with Gasteiger partial charge in [-0.15, -0.1) is 0 Å². The van der Waals surface area contributed by atoms with Crippen molar-refractivity contribution < 1.29 is 22.7 Å². The molecule has 0 aliphatic heterocycles. The summed E-state index contributed by atoms with van der Waals surface area (Å²) < 4.78 is 31.8. The normalized spacial score (nSPS) is 11.9. The molecule has 1 atom stereocenters. The third-order valence-corrected chi connectivity index (χ3v) is 7.53. The van der Waals surface area contributed by atoms with E-state index in [4.69, 9.17) is 27.9 Å². The molecule has 0 spiro atoms. The van der Waals surface area contributed by atoms with Crippen molar-refractivity contribution in [3.63, 3.8) is 0 Å². The summed E-state index contributed by atoms with van der Waals surface area (Å²) in [6.45, 7) is -0.542. The molecule has 0 bridgehead atoms. The Kier molecular flexibility index (Phi) is 10.0. The molecular formula is C27H29Cl2N3O5S. The van der Waals surface area contributed by atoms with Crippen LogP contribution in [0.25, 0.3) is 0 Å². The average Bonchev–Trinajstić information content (AvgIpc) is 2.89. The van der Waals surface area contributed by atoms with Gasteiger partial charge in [0.05, 0.1) is 24.1 Å². The highest BCUT2D eigenvalue weighted by Gasteiger charge is 2.33. The number of amides is 2. The lowest BCUT2D eigenvalue weighted by Crippen LogP contribution is -2.52. The number of carbonyl (C=O) groups is 2. The van der Waals surface area contributed by atoms with Crippen molar-refractivity contribution in [2.24, 2.45) is 0 Å². The van der Waals surface area contributed by atoms with Crippen molar-refractivity contribution in [3.8, 4) is 5.75 Å². The fraction of sp³-hybridized carbons (Fsp3) is 0.259. The van der Waals surface area contributed by atoms with Crippen LogP contribution in [-0.2, 0) is 32.6 Å². The number of nitrogens with zero attached hydrogens (tertiary/aromatic N) is 2. The van der Waals surface area contributed by atoms with E-state index in [-0.39, 0.29) is 29.6 Å². The molecule has 3 aromatic carbocycles. The second-order valence-electron chi connectivity index (χ2n) is 8.56. The van der Waals surface area contributed by atoms with E-state index < -0.39 is 28.5 Å². The number of ether oxygens (including phenoxy) is 1. The molecule has 1 N–H and O–H groups in total. The number of halogens is 2. The highest BCUT2D eigenvalue weighted by molar-refractivity contribution is 7.92. The lowest BCUT2D eigenvalue weighted by molar-refractivity contribution is -0.139. The maximum atomic E-state index is 13.9. The Morgan fingerprint density at radius 1 is 0.974 bits per heavy atom. The molecule has 3 rings (SSSR count). The van der Waals surface area contributed by atoms with Crippen LogP contribution in [0.4, 0.5) is 5.69 Å². The number of nitrogens with one attached hydrogen (secondary N) is 1. The first kappa shape index (κ1) is 29.3. The zero-order valence-corrected chi connectivity index (χ0v) is 23.6. The van der Waals surface area contributed by atoms with Crippen molar-refractivity contribution in [2.45, 2.75) is 19.0 Å². The zero-order valence-electron chi connectivity index (χ0n) is 21.2. The molecule has 0 saturated heterocycles. The highest BCUT2D eigenvalue weighted by Crippen LogP contribution is 2.30. The number of benzene rings is 3. The second kappa shape index (κ2) is 13.0. The van der Waals surface area contributed by atoms with Gasteiger partial charge in [-0.2, -0.15) is 0 Å². The topological polar surface area (TPSA) is 96.0 Å². The summed E-state index contributed by atoms with van der Waals surface area (Å²) in [6.07, 6.45) is 1.20. The third-order valence-electron chi connectivity index (χ3n) is 5.86. The number of rotatable bonds is 11. The van der Waals surface area contributed by atoms with Crippen LogP contribution in [0.5, 0.6) is 5.75 Å². The van der Waals surface area contributed by atoms with Gasteiger partial charge in [0, 0.05) is 25.0 Å². The molecule has 202 valence electrons. The molecule has 0 heterocycles. The van der Waals surface area contributed by atoms with Crippen LogP contribution >= 0.6 is 23.2 Å². The molecule has 0 unspecified atom stereocenters.